The molecule has 2 atom stereocenters. The summed E-state index contributed by atoms with van der Waals surface area (Å²) in [5.41, 5.74) is 0.752. The molecular weight excluding hydrogens is 194 g/mol. The first-order valence-electron chi connectivity index (χ1n) is 5.15. The van der Waals surface area contributed by atoms with Crippen LogP contribution in [0.4, 0.5) is 0 Å². The van der Waals surface area contributed by atoms with Gasteiger partial charge in [0.15, 0.2) is 0 Å². The summed E-state index contributed by atoms with van der Waals surface area (Å²) in [6, 6.07) is 1.75. The van der Waals surface area contributed by atoms with Gasteiger partial charge >= 0.3 is 0 Å². The monoisotopic (exact) mass is 209 g/mol. The number of hydrogen-bond donors (Lipinski definition) is 2. The molecule has 0 spiro atoms. The van der Waals surface area contributed by atoms with Crippen LogP contribution in [0.1, 0.15) is 12.6 Å². The van der Waals surface area contributed by atoms with Crippen LogP contribution in [0.3, 0.4) is 0 Å². The summed E-state index contributed by atoms with van der Waals surface area (Å²) in [5, 5.41) is 9.79. The Balaban J connectivity index is 1.82. The summed E-state index contributed by atoms with van der Waals surface area (Å²) in [6.07, 6.45) is 1.50. The van der Waals surface area contributed by atoms with Crippen molar-refractivity contribution in [3.63, 3.8) is 0 Å². The van der Waals surface area contributed by atoms with E-state index in [1.165, 1.54) is 6.26 Å². The van der Waals surface area contributed by atoms with Crippen LogP contribution in [-0.2, 0) is 11.3 Å². The number of hydrogen-bond acceptors (Lipinski definition) is 4. The van der Waals surface area contributed by atoms with Gasteiger partial charge in [-0.1, -0.05) is 12.1 Å². The first kappa shape index (κ1) is 10.2. The van der Waals surface area contributed by atoms with Crippen LogP contribution >= 0.6 is 0 Å². The van der Waals surface area contributed by atoms with Gasteiger partial charge in [-0.3, -0.25) is 4.79 Å². The zero-order valence-corrected chi connectivity index (χ0v) is 8.69. The van der Waals surface area contributed by atoms with Crippen molar-refractivity contribution in [3.8, 4) is 0 Å². The summed E-state index contributed by atoms with van der Waals surface area (Å²) < 4.78 is 4.68. The Morgan fingerprint density at radius 3 is 3.20 bits per heavy atom. The fraction of sp³-hybridized carbons (Fsp3) is 0.600. The fourth-order valence-corrected chi connectivity index (χ4v) is 1.80. The van der Waals surface area contributed by atoms with Gasteiger partial charge in [-0.2, -0.15) is 0 Å². The zero-order chi connectivity index (χ0) is 10.7. The maximum absolute atomic E-state index is 11.7. The molecule has 82 valence electrons. The average Bonchev–Trinajstić information content (AvgIpc) is 2.84. The van der Waals surface area contributed by atoms with Gasteiger partial charge in [-0.25, -0.2) is 0 Å². The molecule has 1 fully saturated rings. The lowest BCUT2D eigenvalue weighted by molar-refractivity contribution is -0.125. The normalized spacial score (nSPS) is 25.4. The molecule has 0 saturated carbocycles. The highest BCUT2D eigenvalue weighted by Crippen LogP contribution is 2.15. The highest BCUT2D eigenvalue weighted by Gasteiger charge is 2.29. The first-order valence-corrected chi connectivity index (χ1v) is 5.15. The van der Waals surface area contributed by atoms with Crippen molar-refractivity contribution in [2.24, 2.45) is 11.8 Å². The predicted molar refractivity (Wildman–Crippen MR) is 53.9 cm³/mol. The molecule has 1 amide bonds. The maximum atomic E-state index is 11.7. The minimum Gasteiger partial charge on any atom is -0.364 e. The molecule has 5 heteroatoms. The van der Waals surface area contributed by atoms with Crippen molar-refractivity contribution in [3.05, 3.63) is 18.0 Å². The van der Waals surface area contributed by atoms with Crippen LogP contribution in [0.2, 0.25) is 0 Å². The molecular formula is C10H15N3O2. The smallest absolute Gasteiger partial charge is 0.225 e. The third-order valence-electron chi connectivity index (χ3n) is 2.79. The van der Waals surface area contributed by atoms with E-state index in [0.717, 1.165) is 18.8 Å². The molecule has 0 aromatic carbocycles. The topological polar surface area (TPSA) is 67.2 Å². The summed E-state index contributed by atoms with van der Waals surface area (Å²) in [4.78, 5) is 11.7. The summed E-state index contributed by atoms with van der Waals surface area (Å²) >= 11 is 0. The van der Waals surface area contributed by atoms with Gasteiger partial charge < -0.3 is 15.2 Å². The van der Waals surface area contributed by atoms with Crippen molar-refractivity contribution in [2.75, 3.05) is 13.1 Å². The van der Waals surface area contributed by atoms with E-state index in [1.807, 2.05) is 0 Å². The van der Waals surface area contributed by atoms with Gasteiger partial charge in [0.2, 0.25) is 5.91 Å². The highest BCUT2D eigenvalue weighted by molar-refractivity contribution is 5.79. The Morgan fingerprint density at radius 2 is 2.60 bits per heavy atom. The predicted octanol–water partition coefficient (Wildman–Crippen LogP) is 0.146. The molecule has 0 radical (unpaired) electrons. The summed E-state index contributed by atoms with van der Waals surface area (Å²) in [7, 11) is 0. The molecule has 0 unspecified atom stereocenters. The lowest BCUT2D eigenvalue weighted by atomic mass is 9.97. The number of carbonyl (C=O) groups is 1. The number of nitrogens with one attached hydrogen (secondary N) is 2. The molecule has 1 aromatic rings. The van der Waals surface area contributed by atoms with E-state index in [-0.39, 0.29) is 11.8 Å². The van der Waals surface area contributed by atoms with Crippen molar-refractivity contribution in [1.29, 1.82) is 0 Å². The molecule has 0 aliphatic carbocycles. The van der Waals surface area contributed by atoms with Crippen LogP contribution in [-0.4, -0.2) is 24.2 Å². The molecule has 1 saturated heterocycles. The van der Waals surface area contributed by atoms with Gasteiger partial charge in [-0.15, -0.1) is 0 Å². The minimum atomic E-state index is 0.0805. The Kier molecular flexibility index (Phi) is 3.01. The third-order valence-corrected chi connectivity index (χ3v) is 2.79. The molecule has 15 heavy (non-hydrogen) atoms. The van der Waals surface area contributed by atoms with Gasteiger partial charge in [0.05, 0.1) is 12.5 Å². The van der Waals surface area contributed by atoms with Gasteiger partial charge in [-0.05, 0) is 12.5 Å². The Morgan fingerprint density at radius 1 is 1.73 bits per heavy atom. The van der Waals surface area contributed by atoms with Crippen molar-refractivity contribution >= 4 is 5.91 Å². The maximum Gasteiger partial charge on any atom is 0.225 e. The van der Waals surface area contributed by atoms with Crippen LogP contribution in [0, 0.1) is 11.8 Å². The average molecular weight is 209 g/mol. The van der Waals surface area contributed by atoms with Gasteiger partial charge in [0.25, 0.3) is 0 Å². The van der Waals surface area contributed by atoms with E-state index >= 15 is 0 Å². The number of nitrogens with zero attached hydrogens (tertiary/aromatic N) is 1. The molecule has 2 heterocycles. The second-order valence-electron chi connectivity index (χ2n) is 3.95. The zero-order valence-electron chi connectivity index (χ0n) is 8.69. The second-order valence-corrected chi connectivity index (χ2v) is 3.95. The number of aromatic nitrogens is 1. The molecule has 1 aliphatic heterocycles. The molecule has 2 N–H and O–H groups in total. The lowest BCUT2D eigenvalue weighted by Crippen LogP contribution is -2.33. The summed E-state index contributed by atoms with van der Waals surface area (Å²) in [6.45, 7) is 4.22. The van der Waals surface area contributed by atoms with Crippen LogP contribution < -0.4 is 10.6 Å². The largest absolute Gasteiger partial charge is 0.364 e. The highest BCUT2D eigenvalue weighted by atomic mass is 16.5. The standard InChI is InChI=1S/C10H15N3O2/c1-7-4-11-6-9(7)10(14)12-5-8-2-3-15-13-8/h2-3,7,9,11H,4-6H2,1H3,(H,12,14)/t7-,9-/m1/s1. The number of carbonyl (C=O) groups excluding carboxylic acids is 1. The van der Waals surface area contributed by atoms with E-state index < -0.39 is 0 Å². The van der Waals surface area contributed by atoms with Gasteiger partial charge in [0, 0.05) is 12.6 Å². The second kappa shape index (κ2) is 4.44. The van der Waals surface area contributed by atoms with Crippen LogP contribution in [0.25, 0.3) is 0 Å². The Labute approximate surface area is 88.2 Å². The Bertz CT molecular complexity index is 323. The van der Waals surface area contributed by atoms with E-state index in [9.17, 15) is 4.79 Å². The van der Waals surface area contributed by atoms with E-state index in [4.69, 9.17) is 0 Å². The van der Waals surface area contributed by atoms with Gasteiger partial charge in [0.1, 0.15) is 12.0 Å². The minimum absolute atomic E-state index is 0.0805. The van der Waals surface area contributed by atoms with E-state index in [0.29, 0.717) is 12.5 Å². The summed E-state index contributed by atoms with van der Waals surface area (Å²) in [5.74, 6) is 0.578. The van der Waals surface area contributed by atoms with Crippen molar-refractivity contribution in [2.45, 2.75) is 13.5 Å². The van der Waals surface area contributed by atoms with Crippen molar-refractivity contribution in [1.82, 2.24) is 15.8 Å². The number of amides is 1. The third kappa shape index (κ3) is 2.36. The first-order chi connectivity index (χ1) is 7.27. The molecule has 1 aliphatic rings. The van der Waals surface area contributed by atoms with Crippen LogP contribution in [0.15, 0.2) is 16.9 Å². The molecule has 1 aromatic heterocycles. The van der Waals surface area contributed by atoms with Crippen LogP contribution in [0.5, 0.6) is 0 Å². The van der Waals surface area contributed by atoms with Crippen molar-refractivity contribution < 1.29 is 9.32 Å². The van der Waals surface area contributed by atoms with E-state index in [1.54, 1.807) is 6.07 Å². The van der Waals surface area contributed by atoms with E-state index in [2.05, 4.69) is 27.2 Å². The molecule has 2 rings (SSSR count). The fourth-order valence-electron chi connectivity index (χ4n) is 1.80. The molecule has 0 bridgehead atoms. The quantitative estimate of drug-likeness (QED) is 0.743. The Hall–Kier alpha value is -1.36. The number of rotatable bonds is 3. The SMILES string of the molecule is C[C@@H]1CNC[C@H]1C(=O)NCc1ccon1. The molecule has 5 nitrogen and oxygen atoms in total. The lowest BCUT2D eigenvalue weighted by Gasteiger charge is -2.13.